The molecule has 1 fully saturated rings. The average molecular weight is 604 g/mol. The monoisotopic (exact) mass is 603 g/mol. The molecule has 0 saturated carbocycles. The van der Waals surface area contributed by atoms with Crippen molar-refractivity contribution in [3.8, 4) is 17.3 Å². The fraction of sp³-hybridized carbons (Fsp3) is 0.185. The predicted molar refractivity (Wildman–Crippen MR) is 149 cm³/mol. The Morgan fingerprint density at radius 1 is 1.13 bits per heavy atom. The van der Waals surface area contributed by atoms with Crippen LogP contribution in [0.4, 0.5) is 0 Å². The molecule has 1 aliphatic rings. The molecule has 2 amide bonds. The van der Waals surface area contributed by atoms with Gasteiger partial charge in [0.05, 0.1) is 33.7 Å². The van der Waals surface area contributed by atoms with E-state index in [1.54, 1.807) is 51.4 Å². The number of carbonyl (C=O) groups is 2. The van der Waals surface area contributed by atoms with E-state index < -0.39 is 0 Å². The Morgan fingerprint density at radius 2 is 1.97 bits per heavy atom. The third kappa shape index (κ3) is 5.38. The summed E-state index contributed by atoms with van der Waals surface area (Å²) in [6.45, 7) is 3.01. The maximum absolute atomic E-state index is 13.3. The second-order valence-corrected chi connectivity index (χ2v) is 11.1. The van der Waals surface area contributed by atoms with E-state index >= 15 is 0 Å². The van der Waals surface area contributed by atoms with Gasteiger partial charge in [0.2, 0.25) is 11.8 Å². The van der Waals surface area contributed by atoms with Gasteiger partial charge in [-0.1, -0.05) is 21.1 Å². The van der Waals surface area contributed by atoms with Crippen molar-refractivity contribution in [2.45, 2.75) is 13.5 Å². The molecular formula is C27H22BrN7O3S. The van der Waals surface area contributed by atoms with Gasteiger partial charge >= 0.3 is 0 Å². The molecule has 1 saturated heterocycles. The molecule has 0 radical (unpaired) electrons. The summed E-state index contributed by atoms with van der Waals surface area (Å²) in [4.78, 5) is 38.3. The van der Waals surface area contributed by atoms with Crippen LogP contribution in [0.3, 0.4) is 0 Å². The minimum Gasteiger partial charge on any atom is -0.438 e. The first-order chi connectivity index (χ1) is 18.9. The Bertz CT molecular complexity index is 1680. The normalized spacial score (nSPS) is 13.7. The van der Waals surface area contributed by atoms with Crippen molar-refractivity contribution >= 4 is 49.3 Å². The van der Waals surface area contributed by atoms with Crippen molar-refractivity contribution in [2.24, 2.45) is 0 Å². The molecule has 196 valence electrons. The first-order valence-corrected chi connectivity index (χ1v) is 13.8. The van der Waals surface area contributed by atoms with E-state index in [0.717, 1.165) is 25.4 Å². The first-order valence-electron chi connectivity index (χ1n) is 12.2. The highest BCUT2D eigenvalue weighted by Gasteiger charge is 2.30. The highest BCUT2D eigenvalue weighted by Crippen LogP contribution is 2.26. The zero-order valence-electron chi connectivity index (χ0n) is 20.8. The maximum atomic E-state index is 13.3. The lowest BCUT2D eigenvalue weighted by Crippen LogP contribution is -2.51. The number of fused-ring (bicyclic) bond motifs is 1. The fourth-order valence-corrected chi connectivity index (χ4v) is 5.41. The van der Waals surface area contributed by atoms with Gasteiger partial charge in [-0.05, 0) is 61.5 Å². The number of hydrogen-bond donors (Lipinski definition) is 0. The summed E-state index contributed by atoms with van der Waals surface area (Å²) < 4.78 is 9.59. The summed E-state index contributed by atoms with van der Waals surface area (Å²) in [5, 5.41) is 9.51. The largest absolute Gasteiger partial charge is 0.438 e. The number of carbonyl (C=O) groups excluding carboxylic acids is 2. The summed E-state index contributed by atoms with van der Waals surface area (Å²) >= 11 is 5.04. The standard InChI is InChI=1S/C27H22BrN7O3S/c1-17-30-23-13-20(6-9-24(23)39-17)35-15-19(31-32-35)14-33-11-12-34(16-25(33)36)27(37)22-3-2-10-29-26(22)38-21-7-4-18(28)5-8-21/h2-10,13,15H,11-12,14,16H2,1H3. The summed E-state index contributed by atoms with van der Waals surface area (Å²) in [5.74, 6) is 0.286. The van der Waals surface area contributed by atoms with Gasteiger partial charge < -0.3 is 14.5 Å². The second-order valence-electron chi connectivity index (χ2n) is 8.99. The Labute approximate surface area is 236 Å². The lowest BCUT2D eigenvalue weighted by atomic mass is 10.2. The smallest absolute Gasteiger partial charge is 0.259 e. The van der Waals surface area contributed by atoms with Gasteiger partial charge in [0.15, 0.2) is 0 Å². The lowest BCUT2D eigenvalue weighted by Gasteiger charge is -2.34. The lowest BCUT2D eigenvalue weighted by molar-refractivity contribution is -0.135. The number of hydrogen-bond acceptors (Lipinski definition) is 8. The van der Waals surface area contributed by atoms with Crippen LogP contribution in [0, 0.1) is 6.92 Å². The van der Waals surface area contributed by atoms with Crippen molar-refractivity contribution in [1.82, 2.24) is 34.8 Å². The van der Waals surface area contributed by atoms with E-state index in [4.69, 9.17) is 4.74 Å². The Balaban J connectivity index is 1.11. The van der Waals surface area contributed by atoms with Crippen LogP contribution in [0.25, 0.3) is 15.9 Å². The molecule has 6 rings (SSSR count). The third-order valence-corrected chi connectivity index (χ3v) is 7.75. The van der Waals surface area contributed by atoms with E-state index in [-0.39, 0.29) is 24.2 Å². The highest BCUT2D eigenvalue weighted by molar-refractivity contribution is 9.10. The Hall–Kier alpha value is -4.16. The molecule has 0 aliphatic carbocycles. The average Bonchev–Trinajstić information content (AvgIpc) is 3.56. The number of aromatic nitrogens is 5. The van der Waals surface area contributed by atoms with E-state index in [0.29, 0.717) is 36.6 Å². The van der Waals surface area contributed by atoms with Gasteiger partial charge in [-0.2, -0.15) is 0 Å². The van der Waals surface area contributed by atoms with Crippen molar-refractivity contribution in [2.75, 3.05) is 19.6 Å². The first kappa shape index (κ1) is 25.1. The summed E-state index contributed by atoms with van der Waals surface area (Å²) in [7, 11) is 0. The van der Waals surface area contributed by atoms with E-state index in [9.17, 15) is 9.59 Å². The number of halogens is 1. The van der Waals surface area contributed by atoms with Crippen LogP contribution in [-0.2, 0) is 11.3 Å². The van der Waals surface area contributed by atoms with Gasteiger partial charge in [0, 0.05) is 23.8 Å². The molecule has 0 N–H and O–H groups in total. The van der Waals surface area contributed by atoms with Crippen LogP contribution in [0.15, 0.2) is 71.5 Å². The quantitative estimate of drug-likeness (QED) is 0.279. The highest BCUT2D eigenvalue weighted by atomic mass is 79.9. The zero-order valence-corrected chi connectivity index (χ0v) is 23.2. The van der Waals surface area contributed by atoms with E-state index in [2.05, 4.69) is 36.2 Å². The molecule has 1 aliphatic heterocycles. The van der Waals surface area contributed by atoms with Crippen LogP contribution in [-0.4, -0.2) is 66.2 Å². The Kier molecular flexibility index (Phi) is 6.79. The fourth-order valence-electron chi connectivity index (χ4n) is 4.33. The number of ether oxygens (including phenoxy) is 1. The summed E-state index contributed by atoms with van der Waals surface area (Å²) in [6, 6.07) is 16.6. The minimum absolute atomic E-state index is 0.0422. The molecular weight excluding hydrogens is 582 g/mol. The number of thiazole rings is 1. The maximum Gasteiger partial charge on any atom is 0.259 e. The van der Waals surface area contributed by atoms with E-state index in [1.165, 1.54) is 4.90 Å². The van der Waals surface area contributed by atoms with Gasteiger partial charge in [-0.25, -0.2) is 14.6 Å². The molecule has 2 aromatic carbocycles. The van der Waals surface area contributed by atoms with Crippen LogP contribution in [0.2, 0.25) is 0 Å². The second kappa shape index (κ2) is 10.5. The number of piperazine rings is 1. The third-order valence-electron chi connectivity index (χ3n) is 6.27. The Morgan fingerprint density at radius 3 is 2.79 bits per heavy atom. The van der Waals surface area contributed by atoms with Gasteiger partial charge in [-0.15, -0.1) is 16.4 Å². The van der Waals surface area contributed by atoms with Crippen LogP contribution in [0.5, 0.6) is 11.6 Å². The van der Waals surface area contributed by atoms with Gasteiger partial charge in [0.1, 0.15) is 23.6 Å². The topological polar surface area (TPSA) is 106 Å². The molecule has 3 aromatic heterocycles. The molecule has 0 spiro atoms. The van der Waals surface area contributed by atoms with Crippen LogP contribution in [0.1, 0.15) is 21.1 Å². The van der Waals surface area contributed by atoms with Gasteiger partial charge in [0.25, 0.3) is 5.91 Å². The number of amides is 2. The van der Waals surface area contributed by atoms with E-state index in [1.807, 2.05) is 43.5 Å². The van der Waals surface area contributed by atoms with Crippen LogP contribution < -0.4 is 4.74 Å². The zero-order chi connectivity index (χ0) is 26.9. The van der Waals surface area contributed by atoms with Gasteiger partial charge in [-0.3, -0.25) is 9.59 Å². The van der Waals surface area contributed by atoms with Crippen molar-refractivity contribution in [3.63, 3.8) is 0 Å². The summed E-state index contributed by atoms with van der Waals surface area (Å²) in [6.07, 6.45) is 3.38. The molecule has 0 atom stereocenters. The number of pyridine rings is 1. The van der Waals surface area contributed by atoms with Crippen molar-refractivity contribution < 1.29 is 14.3 Å². The minimum atomic E-state index is -0.304. The van der Waals surface area contributed by atoms with Crippen molar-refractivity contribution in [3.05, 3.63) is 87.7 Å². The molecule has 5 aromatic rings. The molecule has 10 nitrogen and oxygen atoms in total. The molecule has 12 heteroatoms. The van der Waals surface area contributed by atoms with Crippen molar-refractivity contribution in [1.29, 1.82) is 0 Å². The molecule has 39 heavy (non-hydrogen) atoms. The van der Waals surface area contributed by atoms with Crippen LogP contribution >= 0.6 is 27.3 Å². The molecule has 0 unspecified atom stereocenters. The summed E-state index contributed by atoms with van der Waals surface area (Å²) in [5.41, 5.74) is 2.74. The number of nitrogens with zero attached hydrogens (tertiary/aromatic N) is 7. The number of rotatable bonds is 6. The SMILES string of the molecule is Cc1nc2cc(-n3cc(CN4CCN(C(=O)c5cccnc5Oc5ccc(Br)cc5)CC4=O)nn3)ccc2s1. The predicted octanol–water partition coefficient (Wildman–Crippen LogP) is 4.62. The molecule has 4 heterocycles. The number of aryl methyl sites for hydroxylation is 1. The molecule has 0 bridgehead atoms. The number of benzene rings is 2.